The average Bonchev–Trinajstić information content (AvgIpc) is 3.06. The van der Waals surface area contributed by atoms with Crippen LogP contribution in [0.1, 0.15) is 32.3 Å². The van der Waals surface area contributed by atoms with Crippen molar-refractivity contribution >= 4 is 5.91 Å². The highest BCUT2D eigenvalue weighted by Gasteiger charge is 2.45. The van der Waals surface area contributed by atoms with Crippen LogP contribution in [-0.2, 0) is 16.0 Å². The van der Waals surface area contributed by atoms with Gasteiger partial charge in [-0.1, -0.05) is 30.3 Å². The molecule has 0 aliphatic carbocycles. The van der Waals surface area contributed by atoms with E-state index in [2.05, 4.69) is 40.5 Å². The standard InChI is InChI=1S/C18H26N2O2/c1-13(2)19-18(21)17-12-15-16(22-17)9-11-20(15)10-8-14-6-4-3-5-7-14/h3-7,13,15-17H,8-12H2,1-2H3,(H,19,21)/t15-,16-,17+/m1/s1. The Balaban J connectivity index is 1.53. The zero-order valence-corrected chi connectivity index (χ0v) is 13.5. The Hall–Kier alpha value is -1.39. The maximum absolute atomic E-state index is 12.1. The number of hydrogen-bond donors (Lipinski definition) is 1. The van der Waals surface area contributed by atoms with Crippen molar-refractivity contribution in [3.63, 3.8) is 0 Å². The minimum atomic E-state index is -0.267. The van der Waals surface area contributed by atoms with Gasteiger partial charge in [0.05, 0.1) is 6.10 Å². The maximum atomic E-state index is 12.1. The number of nitrogens with zero attached hydrogens (tertiary/aromatic N) is 1. The lowest BCUT2D eigenvalue weighted by molar-refractivity contribution is -0.132. The fourth-order valence-corrected chi connectivity index (χ4v) is 3.57. The lowest BCUT2D eigenvalue weighted by Gasteiger charge is -2.22. The third-order valence-electron chi connectivity index (χ3n) is 4.65. The fraction of sp³-hybridized carbons (Fsp3) is 0.611. The number of likely N-dealkylation sites (tertiary alicyclic amines) is 1. The van der Waals surface area contributed by atoms with Crippen LogP contribution in [0.4, 0.5) is 0 Å². The Kier molecular flexibility index (Phi) is 4.79. The van der Waals surface area contributed by atoms with Gasteiger partial charge in [-0.25, -0.2) is 0 Å². The summed E-state index contributed by atoms with van der Waals surface area (Å²) < 4.78 is 5.98. The van der Waals surface area contributed by atoms with Crippen molar-refractivity contribution < 1.29 is 9.53 Å². The molecule has 0 unspecified atom stereocenters. The van der Waals surface area contributed by atoms with Crippen molar-refractivity contribution in [2.75, 3.05) is 13.1 Å². The molecule has 1 aromatic carbocycles. The van der Waals surface area contributed by atoms with Gasteiger partial charge in [-0.15, -0.1) is 0 Å². The van der Waals surface area contributed by atoms with Crippen molar-refractivity contribution in [2.45, 2.75) is 57.4 Å². The lowest BCUT2D eigenvalue weighted by atomic mass is 10.1. The summed E-state index contributed by atoms with van der Waals surface area (Å²) in [6.45, 7) is 6.10. The van der Waals surface area contributed by atoms with Gasteiger partial charge in [0.1, 0.15) is 6.10 Å². The first-order valence-electron chi connectivity index (χ1n) is 8.37. The van der Waals surface area contributed by atoms with Gasteiger partial charge in [-0.2, -0.15) is 0 Å². The Morgan fingerprint density at radius 1 is 1.36 bits per heavy atom. The van der Waals surface area contributed by atoms with Gasteiger partial charge < -0.3 is 10.1 Å². The Morgan fingerprint density at radius 3 is 2.86 bits per heavy atom. The number of benzene rings is 1. The molecule has 3 atom stereocenters. The first-order chi connectivity index (χ1) is 10.6. The highest BCUT2D eigenvalue weighted by atomic mass is 16.5. The summed E-state index contributed by atoms with van der Waals surface area (Å²) in [4.78, 5) is 14.6. The minimum Gasteiger partial charge on any atom is -0.363 e. The molecule has 0 radical (unpaired) electrons. The molecule has 4 heteroatoms. The van der Waals surface area contributed by atoms with E-state index in [1.54, 1.807) is 0 Å². The van der Waals surface area contributed by atoms with Crippen LogP contribution in [0.15, 0.2) is 30.3 Å². The number of carbonyl (C=O) groups excluding carboxylic acids is 1. The molecule has 0 bridgehead atoms. The molecule has 2 heterocycles. The predicted molar refractivity (Wildman–Crippen MR) is 86.7 cm³/mol. The van der Waals surface area contributed by atoms with Gasteiger partial charge in [0.15, 0.2) is 0 Å². The van der Waals surface area contributed by atoms with Crippen molar-refractivity contribution in [1.82, 2.24) is 10.2 Å². The van der Waals surface area contributed by atoms with Gasteiger partial charge in [-0.05, 0) is 32.3 Å². The molecular formula is C18H26N2O2. The molecule has 1 amide bonds. The number of fused-ring (bicyclic) bond motifs is 1. The number of amides is 1. The maximum Gasteiger partial charge on any atom is 0.249 e. The Morgan fingerprint density at radius 2 is 2.14 bits per heavy atom. The van der Waals surface area contributed by atoms with Crippen molar-refractivity contribution in [2.24, 2.45) is 0 Å². The molecule has 120 valence electrons. The van der Waals surface area contributed by atoms with E-state index in [4.69, 9.17) is 4.74 Å². The summed E-state index contributed by atoms with van der Waals surface area (Å²) in [5.74, 6) is 0.0485. The second-order valence-electron chi connectivity index (χ2n) is 6.69. The molecule has 1 N–H and O–H groups in total. The van der Waals surface area contributed by atoms with Crippen molar-refractivity contribution in [3.8, 4) is 0 Å². The topological polar surface area (TPSA) is 41.6 Å². The number of hydrogen-bond acceptors (Lipinski definition) is 3. The van der Waals surface area contributed by atoms with Gasteiger partial charge in [0, 0.05) is 31.6 Å². The van der Waals surface area contributed by atoms with Crippen LogP contribution in [0, 0.1) is 0 Å². The van der Waals surface area contributed by atoms with Crippen LogP contribution in [0.25, 0.3) is 0 Å². The number of carbonyl (C=O) groups is 1. The minimum absolute atomic E-state index is 0.0485. The highest BCUT2D eigenvalue weighted by molar-refractivity contribution is 5.81. The molecule has 1 aromatic rings. The summed E-state index contributed by atoms with van der Waals surface area (Å²) in [6, 6.07) is 11.2. The normalized spacial score (nSPS) is 28.0. The average molecular weight is 302 g/mol. The smallest absolute Gasteiger partial charge is 0.249 e. The molecule has 2 aliphatic heterocycles. The molecule has 2 saturated heterocycles. The van der Waals surface area contributed by atoms with Gasteiger partial charge in [-0.3, -0.25) is 9.69 Å². The molecule has 2 aliphatic rings. The number of nitrogens with one attached hydrogen (secondary N) is 1. The molecule has 0 spiro atoms. The van der Waals surface area contributed by atoms with Crippen LogP contribution in [0.5, 0.6) is 0 Å². The third-order valence-corrected chi connectivity index (χ3v) is 4.65. The zero-order chi connectivity index (χ0) is 15.5. The summed E-state index contributed by atoms with van der Waals surface area (Å²) in [5.41, 5.74) is 1.37. The van der Waals surface area contributed by atoms with E-state index < -0.39 is 0 Å². The Labute approximate surface area is 132 Å². The predicted octanol–water partition coefficient (Wildman–Crippen LogP) is 1.99. The first kappa shape index (κ1) is 15.5. The Bertz CT molecular complexity index is 503. The highest BCUT2D eigenvalue weighted by Crippen LogP contribution is 2.33. The van der Waals surface area contributed by atoms with E-state index in [9.17, 15) is 4.79 Å². The van der Waals surface area contributed by atoms with E-state index in [1.807, 2.05) is 13.8 Å². The lowest BCUT2D eigenvalue weighted by Crippen LogP contribution is -2.40. The van der Waals surface area contributed by atoms with Gasteiger partial charge in [0.2, 0.25) is 5.91 Å². The second kappa shape index (κ2) is 6.80. The van der Waals surface area contributed by atoms with Crippen LogP contribution in [-0.4, -0.2) is 48.2 Å². The van der Waals surface area contributed by atoms with E-state index in [0.29, 0.717) is 6.04 Å². The zero-order valence-electron chi connectivity index (χ0n) is 13.5. The van der Waals surface area contributed by atoms with E-state index in [1.165, 1.54) is 5.56 Å². The van der Waals surface area contributed by atoms with E-state index >= 15 is 0 Å². The first-order valence-corrected chi connectivity index (χ1v) is 8.37. The van der Waals surface area contributed by atoms with Crippen molar-refractivity contribution in [3.05, 3.63) is 35.9 Å². The molecule has 0 saturated carbocycles. The SMILES string of the molecule is CC(C)NC(=O)[C@@H]1C[C@@H]2[C@@H](CCN2CCc2ccccc2)O1. The quantitative estimate of drug-likeness (QED) is 0.904. The van der Waals surface area contributed by atoms with Gasteiger partial charge in [0.25, 0.3) is 0 Å². The van der Waals surface area contributed by atoms with Gasteiger partial charge >= 0.3 is 0 Å². The van der Waals surface area contributed by atoms with Crippen LogP contribution in [0.3, 0.4) is 0 Å². The van der Waals surface area contributed by atoms with Crippen LogP contribution < -0.4 is 5.32 Å². The second-order valence-corrected chi connectivity index (χ2v) is 6.69. The van der Waals surface area contributed by atoms with Crippen LogP contribution in [0.2, 0.25) is 0 Å². The molecule has 3 rings (SSSR count). The molecule has 22 heavy (non-hydrogen) atoms. The summed E-state index contributed by atoms with van der Waals surface area (Å²) in [5, 5.41) is 2.96. The van der Waals surface area contributed by atoms with Crippen molar-refractivity contribution in [1.29, 1.82) is 0 Å². The van der Waals surface area contributed by atoms with E-state index in [-0.39, 0.29) is 24.2 Å². The number of rotatable bonds is 5. The molecular weight excluding hydrogens is 276 g/mol. The summed E-state index contributed by atoms with van der Waals surface area (Å²) in [7, 11) is 0. The summed E-state index contributed by atoms with van der Waals surface area (Å²) in [6.07, 6.45) is 2.91. The van der Waals surface area contributed by atoms with Crippen LogP contribution >= 0.6 is 0 Å². The fourth-order valence-electron chi connectivity index (χ4n) is 3.57. The third kappa shape index (κ3) is 3.50. The molecule has 0 aromatic heterocycles. The molecule has 4 nitrogen and oxygen atoms in total. The molecule has 2 fully saturated rings. The van der Waals surface area contributed by atoms with E-state index in [0.717, 1.165) is 32.4 Å². The largest absolute Gasteiger partial charge is 0.363 e. The monoisotopic (exact) mass is 302 g/mol. The summed E-state index contributed by atoms with van der Waals surface area (Å²) >= 11 is 0. The number of ether oxygens (including phenoxy) is 1.